The van der Waals surface area contributed by atoms with E-state index in [0.29, 0.717) is 0 Å². The van der Waals surface area contributed by atoms with E-state index in [4.69, 9.17) is 0 Å². The Morgan fingerprint density at radius 3 is 2.55 bits per heavy atom. The Hall–Kier alpha value is -1.71. The van der Waals surface area contributed by atoms with Crippen LogP contribution in [0, 0.1) is 13.8 Å². The first kappa shape index (κ1) is 12.1. The smallest absolute Gasteiger partial charge is 0.0880 e. The van der Waals surface area contributed by atoms with Crippen molar-refractivity contribution in [2.75, 3.05) is 0 Å². The number of hydrogen-bond acceptors (Lipinski definition) is 3. The lowest BCUT2D eigenvalue weighted by molar-refractivity contribution is 1.33. The van der Waals surface area contributed by atoms with Crippen molar-refractivity contribution in [3.8, 4) is 11.3 Å². The Kier molecular flexibility index (Phi) is 2.65. The number of hydrogen-bond donors (Lipinski definition) is 0. The molecule has 0 spiro atoms. The van der Waals surface area contributed by atoms with Crippen LogP contribution in [0.25, 0.3) is 30.7 Å². The highest BCUT2D eigenvalue weighted by Gasteiger charge is 2.12. The number of pyridine rings is 1. The molecular weight excluding hydrogens is 282 g/mol. The number of aryl methyl sites for hydroxylation is 2. The lowest BCUT2D eigenvalue weighted by Crippen LogP contribution is -1.86. The number of rotatable bonds is 1. The molecule has 0 radical (unpaired) electrons. The summed E-state index contributed by atoms with van der Waals surface area (Å²) in [6, 6.07) is 11.0. The lowest BCUT2D eigenvalue weighted by Gasteiger charge is -2.05. The molecule has 3 heteroatoms. The number of thiophene rings is 2. The van der Waals surface area contributed by atoms with Gasteiger partial charge in [0.05, 0.1) is 14.4 Å². The van der Waals surface area contributed by atoms with Gasteiger partial charge in [0.15, 0.2) is 0 Å². The number of benzene rings is 1. The summed E-state index contributed by atoms with van der Waals surface area (Å²) in [6.45, 7) is 4.28. The number of aromatic nitrogens is 1. The Labute approximate surface area is 125 Å². The van der Waals surface area contributed by atoms with E-state index in [1.165, 1.54) is 36.2 Å². The second-order valence-corrected chi connectivity index (χ2v) is 7.33. The van der Waals surface area contributed by atoms with Crippen LogP contribution in [0.1, 0.15) is 11.1 Å². The predicted molar refractivity (Wildman–Crippen MR) is 89.9 cm³/mol. The van der Waals surface area contributed by atoms with Crippen LogP contribution in [0.4, 0.5) is 0 Å². The molecule has 0 unspecified atom stereocenters. The molecule has 0 saturated carbocycles. The molecule has 0 aliphatic rings. The van der Waals surface area contributed by atoms with Crippen molar-refractivity contribution in [1.29, 1.82) is 0 Å². The molecule has 0 N–H and O–H groups in total. The van der Waals surface area contributed by atoms with Gasteiger partial charge in [-0.25, -0.2) is 0 Å². The molecule has 0 aliphatic heterocycles. The molecule has 1 nitrogen and oxygen atoms in total. The third kappa shape index (κ3) is 1.78. The molecule has 0 fully saturated rings. The third-order valence-electron chi connectivity index (χ3n) is 3.51. The van der Waals surface area contributed by atoms with Gasteiger partial charge in [0.2, 0.25) is 0 Å². The average Bonchev–Trinajstić information content (AvgIpc) is 2.97. The Bertz CT molecular complexity index is 910. The van der Waals surface area contributed by atoms with Gasteiger partial charge in [-0.1, -0.05) is 17.2 Å². The second kappa shape index (κ2) is 4.40. The van der Waals surface area contributed by atoms with Gasteiger partial charge >= 0.3 is 0 Å². The fourth-order valence-corrected chi connectivity index (χ4v) is 5.02. The zero-order valence-electron chi connectivity index (χ0n) is 11.3. The molecule has 0 aliphatic carbocycles. The monoisotopic (exact) mass is 295 g/mol. The van der Waals surface area contributed by atoms with Crippen LogP contribution in [0.3, 0.4) is 0 Å². The summed E-state index contributed by atoms with van der Waals surface area (Å²) in [5, 5.41) is 4.86. The highest BCUT2D eigenvalue weighted by atomic mass is 32.2. The Morgan fingerprint density at radius 1 is 0.950 bits per heavy atom. The van der Waals surface area contributed by atoms with Gasteiger partial charge in [0, 0.05) is 22.5 Å². The van der Waals surface area contributed by atoms with Crippen molar-refractivity contribution in [2.24, 2.45) is 0 Å². The van der Waals surface area contributed by atoms with Crippen LogP contribution in [0.5, 0.6) is 0 Å². The molecule has 20 heavy (non-hydrogen) atoms. The Morgan fingerprint density at radius 2 is 1.75 bits per heavy atom. The van der Waals surface area contributed by atoms with Crippen LogP contribution in [0.15, 0.2) is 41.9 Å². The normalized spacial score (nSPS) is 11.5. The highest BCUT2D eigenvalue weighted by molar-refractivity contribution is 7.41. The van der Waals surface area contributed by atoms with E-state index >= 15 is 0 Å². The van der Waals surface area contributed by atoms with Gasteiger partial charge in [-0.3, -0.25) is 4.98 Å². The molecule has 4 aromatic rings. The molecule has 0 saturated heterocycles. The molecule has 4 rings (SSSR count). The van der Waals surface area contributed by atoms with Crippen LogP contribution in [-0.2, 0) is 0 Å². The standard InChI is InChI=1S/C17H13NS2/c1-10-7-11(2)9-12(8-10)15-16-13(3-5-18-15)14-4-6-19-17(14)20-16/h3-9H,1-2H3. The summed E-state index contributed by atoms with van der Waals surface area (Å²) in [6.07, 6.45) is 1.93. The maximum absolute atomic E-state index is 4.65. The fraction of sp³-hybridized carbons (Fsp3) is 0.118. The zero-order chi connectivity index (χ0) is 13.7. The van der Waals surface area contributed by atoms with E-state index < -0.39 is 0 Å². The summed E-state index contributed by atoms with van der Waals surface area (Å²) in [7, 11) is 0. The van der Waals surface area contributed by atoms with Crippen molar-refractivity contribution >= 4 is 42.2 Å². The maximum atomic E-state index is 4.65. The van der Waals surface area contributed by atoms with Crippen molar-refractivity contribution < 1.29 is 0 Å². The minimum atomic E-state index is 1.11. The minimum absolute atomic E-state index is 1.11. The SMILES string of the molecule is Cc1cc(C)cc(-c2nccc3c2sc2sccc23)c1. The summed E-state index contributed by atoms with van der Waals surface area (Å²) < 4.78 is 2.69. The average molecular weight is 295 g/mol. The van der Waals surface area contributed by atoms with E-state index in [1.54, 1.807) is 0 Å². The first-order valence-corrected chi connectivity index (χ1v) is 8.25. The van der Waals surface area contributed by atoms with Crippen molar-refractivity contribution in [1.82, 2.24) is 4.98 Å². The lowest BCUT2D eigenvalue weighted by atomic mass is 10.0. The van der Waals surface area contributed by atoms with Crippen molar-refractivity contribution in [2.45, 2.75) is 13.8 Å². The predicted octanol–water partition coefficient (Wildman–Crippen LogP) is 5.79. The van der Waals surface area contributed by atoms with Crippen LogP contribution < -0.4 is 0 Å². The third-order valence-corrected chi connectivity index (χ3v) is 5.78. The van der Waals surface area contributed by atoms with Gasteiger partial charge in [-0.2, -0.15) is 0 Å². The van der Waals surface area contributed by atoms with E-state index in [1.807, 2.05) is 28.9 Å². The molecule has 3 heterocycles. The van der Waals surface area contributed by atoms with Crippen molar-refractivity contribution in [3.05, 3.63) is 53.0 Å². The molecule has 0 atom stereocenters. The van der Waals surface area contributed by atoms with E-state index in [2.05, 4.69) is 54.5 Å². The van der Waals surface area contributed by atoms with Gasteiger partial charge < -0.3 is 0 Å². The van der Waals surface area contributed by atoms with E-state index in [0.717, 1.165) is 5.69 Å². The van der Waals surface area contributed by atoms with Gasteiger partial charge in [0.1, 0.15) is 0 Å². The summed E-state index contributed by atoms with van der Waals surface area (Å²) in [4.78, 5) is 4.65. The zero-order valence-corrected chi connectivity index (χ0v) is 12.9. The summed E-state index contributed by atoms with van der Waals surface area (Å²) in [5.41, 5.74) is 4.92. The van der Waals surface area contributed by atoms with Gasteiger partial charge in [-0.15, -0.1) is 22.7 Å². The Balaban J connectivity index is 2.08. The fourth-order valence-electron chi connectivity index (χ4n) is 2.75. The quantitative estimate of drug-likeness (QED) is 0.433. The molecular formula is C17H13NS2. The second-order valence-electron chi connectivity index (χ2n) is 5.14. The summed E-state index contributed by atoms with van der Waals surface area (Å²) in [5.74, 6) is 0. The maximum Gasteiger partial charge on any atom is 0.0880 e. The van der Waals surface area contributed by atoms with E-state index in [9.17, 15) is 0 Å². The summed E-state index contributed by atoms with van der Waals surface area (Å²) >= 11 is 3.67. The number of fused-ring (bicyclic) bond motifs is 3. The van der Waals surface area contributed by atoms with Crippen LogP contribution in [-0.4, -0.2) is 4.98 Å². The minimum Gasteiger partial charge on any atom is -0.255 e. The molecule has 3 aromatic heterocycles. The van der Waals surface area contributed by atoms with E-state index in [-0.39, 0.29) is 0 Å². The first-order valence-electron chi connectivity index (χ1n) is 6.56. The molecule has 0 bridgehead atoms. The van der Waals surface area contributed by atoms with Gasteiger partial charge in [0.25, 0.3) is 0 Å². The first-order chi connectivity index (χ1) is 9.72. The van der Waals surface area contributed by atoms with Crippen molar-refractivity contribution in [3.63, 3.8) is 0 Å². The molecule has 1 aromatic carbocycles. The number of nitrogens with zero attached hydrogens (tertiary/aromatic N) is 1. The molecule has 0 amide bonds. The van der Waals surface area contributed by atoms with Crippen LogP contribution in [0.2, 0.25) is 0 Å². The topological polar surface area (TPSA) is 12.9 Å². The highest BCUT2D eigenvalue weighted by Crippen LogP contribution is 2.41. The molecule has 98 valence electrons. The largest absolute Gasteiger partial charge is 0.255 e. The van der Waals surface area contributed by atoms with Gasteiger partial charge in [-0.05, 0) is 43.5 Å². The van der Waals surface area contributed by atoms with Crippen LogP contribution >= 0.6 is 22.7 Å².